The fraction of sp³-hybridized carbons (Fsp3) is 0.600. The van der Waals surface area contributed by atoms with Crippen LogP contribution in [0.15, 0.2) is 24.3 Å². The Morgan fingerprint density at radius 2 is 2.11 bits per heavy atom. The molecule has 0 fully saturated rings. The summed E-state index contributed by atoms with van der Waals surface area (Å²) >= 11 is 0. The average molecular weight is 249 g/mol. The minimum Gasteiger partial charge on any atom is -0.493 e. The number of aliphatic hydroxyl groups excluding tert-OH is 1. The highest BCUT2D eigenvalue weighted by molar-refractivity contribution is 5.38. The second-order valence-electron chi connectivity index (χ2n) is 5.50. The number of hydrogen-bond acceptors (Lipinski definition) is 3. The highest BCUT2D eigenvalue weighted by atomic mass is 16.5. The SMILES string of the molecule is CC1COc2ccccc2C1N[C@H](CO)C(C)C. The molecule has 1 aromatic carbocycles. The van der Waals surface area contributed by atoms with Gasteiger partial charge >= 0.3 is 0 Å². The largest absolute Gasteiger partial charge is 0.493 e. The van der Waals surface area contributed by atoms with Crippen LogP contribution in [-0.2, 0) is 0 Å². The molecule has 1 aliphatic rings. The highest BCUT2D eigenvalue weighted by Crippen LogP contribution is 2.35. The normalized spacial score (nSPS) is 24.5. The summed E-state index contributed by atoms with van der Waals surface area (Å²) in [6.07, 6.45) is 0. The van der Waals surface area contributed by atoms with E-state index in [1.54, 1.807) is 0 Å². The summed E-state index contributed by atoms with van der Waals surface area (Å²) in [7, 11) is 0. The van der Waals surface area contributed by atoms with E-state index in [1.165, 1.54) is 5.56 Å². The van der Waals surface area contributed by atoms with E-state index in [-0.39, 0.29) is 18.7 Å². The maximum atomic E-state index is 9.47. The van der Waals surface area contributed by atoms with E-state index in [9.17, 15) is 5.11 Å². The Bertz CT molecular complexity index is 392. The van der Waals surface area contributed by atoms with E-state index >= 15 is 0 Å². The first-order valence-electron chi connectivity index (χ1n) is 6.72. The van der Waals surface area contributed by atoms with Gasteiger partial charge < -0.3 is 15.2 Å². The second kappa shape index (κ2) is 5.72. The Morgan fingerprint density at radius 3 is 2.78 bits per heavy atom. The van der Waals surface area contributed by atoms with Gasteiger partial charge in [-0.3, -0.25) is 0 Å². The van der Waals surface area contributed by atoms with Crippen molar-refractivity contribution in [2.24, 2.45) is 11.8 Å². The molecular weight excluding hydrogens is 226 g/mol. The predicted molar refractivity (Wildman–Crippen MR) is 72.7 cm³/mol. The summed E-state index contributed by atoms with van der Waals surface area (Å²) in [6.45, 7) is 7.34. The third-order valence-corrected chi connectivity index (χ3v) is 3.72. The number of aliphatic hydroxyl groups is 1. The molecule has 3 atom stereocenters. The number of benzene rings is 1. The van der Waals surface area contributed by atoms with Crippen molar-refractivity contribution in [1.29, 1.82) is 0 Å². The van der Waals surface area contributed by atoms with Crippen LogP contribution in [0.2, 0.25) is 0 Å². The molecule has 100 valence electrons. The van der Waals surface area contributed by atoms with Crippen molar-refractivity contribution in [2.75, 3.05) is 13.2 Å². The number of rotatable bonds is 4. The molecule has 0 bridgehead atoms. The van der Waals surface area contributed by atoms with Crippen LogP contribution in [0.1, 0.15) is 32.4 Å². The zero-order valence-electron chi connectivity index (χ0n) is 11.4. The molecule has 3 heteroatoms. The first-order chi connectivity index (χ1) is 8.63. The first-order valence-corrected chi connectivity index (χ1v) is 6.72. The Labute approximate surface area is 109 Å². The monoisotopic (exact) mass is 249 g/mol. The van der Waals surface area contributed by atoms with Gasteiger partial charge in [-0.1, -0.05) is 39.0 Å². The average Bonchev–Trinajstić information content (AvgIpc) is 2.37. The molecular formula is C15H23NO2. The third-order valence-electron chi connectivity index (χ3n) is 3.72. The Kier molecular flexibility index (Phi) is 4.25. The fourth-order valence-electron chi connectivity index (χ4n) is 2.43. The molecule has 0 saturated carbocycles. The van der Waals surface area contributed by atoms with Gasteiger partial charge in [-0.15, -0.1) is 0 Å². The lowest BCUT2D eigenvalue weighted by Crippen LogP contribution is -2.44. The second-order valence-corrected chi connectivity index (χ2v) is 5.50. The van der Waals surface area contributed by atoms with Crippen molar-refractivity contribution in [3.8, 4) is 5.75 Å². The summed E-state index contributed by atoms with van der Waals surface area (Å²) in [4.78, 5) is 0. The number of hydrogen-bond donors (Lipinski definition) is 2. The first kappa shape index (κ1) is 13.4. The van der Waals surface area contributed by atoms with Crippen LogP contribution in [0, 0.1) is 11.8 Å². The molecule has 2 N–H and O–H groups in total. The van der Waals surface area contributed by atoms with Gasteiger partial charge in [0.25, 0.3) is 0 Å². The summed E-state index contributed by atoms with van der Waals surface area (Å²) in [6, 6.07) is 8.55. The number of ether oxygens (including phenoxy) is 1. The number of nitrogens with one attached hydrogen (secondary N) is 1. The molecule has 1 heterocycles. The molecule has 0 saturated heterocycles. The Balaban J connectivity index is 2.21. The van der Waals surface area contributed by atoms with Crippen LogP contribution in [0.5, 0.6) is 5.75 Å². The van der Waals surface area contributed by atoms with Gasteiger partial charge in [0.15, 0.2) is 0 Å². The molecule has 0 spiro atoms. The molecule has 3 nitrogen and oxygen atoms in total. The topological polar surface area (TPSA) is 41.5 Å². The van der Waals surface area contributed by atoms with E-state index in [4.69, 9.17) is 4.74 Å². The van der Waals surface area contributed by atoms with Gasteiger partial charge in [0, 0.05) is 23.6 Å². The molecule has 0 radical (unpaired) electrons. The van der Waals surface area contributed by atoms with E-state index in [0.717, 1.165) is 12.4 Å². The van der Waals surface area contributed by atoms with Gasteiger partial charge in [0.05, 0.1) is 13.2 Å². The Morgan fingerprint density at radius 1 is 1.39 bits per heavy atom. The lowest BCUT2D eigenvalue weighted by Gasteiger charge is -2.35. The van der Waals surface area contributed by atoms with Crippen molar-refractivity contribution in [2.45, 2.75) is 32.9 Å². The summed E-state index contributed by atoms with van der Waals surface area (Å²) in [5, 5.41) is 13.0. The maximum absolute atomic E-state index is 9.47. The zero-order chi connectivity index (χ0) is 13.1. The molecule has 18 heavy (non-hydrogen) atoms. The van der Waals surface area contributed by atoms with Gasteiger partial charge in [-0.25, -0.2) is 0 Å². The zero-order valence-corrected chi connectivity index (χ0v) is 11.4. The number of fused-ring (bicyclic) bond motifs is 1. The standard InChI is InChI=1S/C15H23NO2/c1-10(2)13(8-17)16-15-11(3)9-18-14-7-5-4-6-12(14)15/h4-7,10-11,13,15-17H,8-9H2,1-3H3/t11?,13-,15?/m1/s1. The van der Waals surface area contributed by atoms with Gasteiger partial charge in [-0.2, -0.15) is 0 Å². The predicted octanol–water partition coefficient (Wildman–Crippen LogP) is 2.36. The van der Waals surface area contributed by atoms with Crippen LogP contribution in [0.3, 0.4) is 0 Å². The van der Waals surface area contributed by atoms with Crippen molar-refractivity contribution < 1.29 is 9.84 Å². The quantitative estimate of drug-likeness (QED) is 0.860. The molecule has 1 aliphatic heterocycles. The molecule has 1 aromatic rings. The van der Waals surface area contributed by atoms with E-state index < -0.39 is 0 Å². The van der Waals surface area contributed by atoms with Crippen molar-refractivity contribution in [3.05, 3.63) is 29.8 Å². The Hall–Kier alpha value is -1.06. The molecule has 0 amide bonds. The smallest absolute Gasteiger partial charge is 0.124 e. The highest BCUT2D eigenvalue weighted by Gasteiger charge is 2.29. The van der Waals surface area contributed by atoms with E-state index in [2.05, 4.69) is 32.2 Å². The molecule has 0 aromatic heterocycles. The summed E-state index contributed by atoms with van der Waals surface area (Å²) in [5.41, 5.74) is 1.20. The molecule has 2 rings (SSSR count). The van der Waals surface area contributed by atoms with Crippen molar-refractivity contribution in [3.63, 3.8) is 0 Å². The summed E-state index contributed by atoms with van der Waals surface area (Å²) < 4.78 is 5.74. The van der Waals surface area contributed by atoms with Gasteiger partial charge in [0.1, 0.15) is 5.75 Å². The third kappa shape index (κ3) is 2.68. The maximum Gasteiger partial charge on any atom is 0.124 e. The van der Waals surface area contributed by atoms with Crippen LogP contribution in [-0.4, -0.2) is 24.4 Å². The van der Waals surface area contributed by atoms with Crippen LogP contribution < -0.4 is 10.1 Å². The lowest BCUT2D eigenvalue weighted by atomic mass is 9.90. The molecule has 2 unspecified atom stereocenters. The van der Waals surface area contributed by atoms with Gasteiger partial charge in [0.2, 0.25) is 0 Å². The minimum atomic E-state index is 0.128. The molecule has 0 aliphatic carbocycles. The van der Waals surface area contributed by atoms with E-state index in [0.29, 0.717) is 11.8 Å². The van der Waals surface area contributed by atoms with Crippen LogP contribution in [0.25, 0.3) is 0 Å². The van der Waals surface area contributed by atoms with Crippen molar-refractivity contribution in [1.82, 2.24) is 5.32 Å². The number of para-hydroxylation sites is 1. The van der Waals surface area contributed by atoms with Crippen LogP contribution in [0.4, 0.5) is 0 Å². The summed E-state index contributed by atoms with van der Waals surface area (Å²) in [5.74, 6) is 1.79. The van der Waals surface area contributed by atoms with Crippen molar-refractivity contribution >= 4 is 0 Å². The fourth-order valence-corrected chi connectivity index (χ4v) is 2.43. The van der Waals surface area contributed by atoms with Crippen LogP contribution >= 0.6 is 0 Å². The van der Waals surface area contributed by atoms with E-state index in [1.807, 2.05) is 18.2 Å². The van der Waals surface area contributed by atoms with Gasteiger partial charge in [-0.05, 0) is 12.0 Å². The minimum absolute atomic E-state index is 0.128. The lowest BCUT2D eigenvalue weighted by molar-refractivity contribution is 0.146.